The van der Waals surface area contributed by atoms with Crippen LogP contribution in [0.1, 0.15) is 40.4 Å². The Morgan fingerprint density at radius 3 is 2.52 bits per heavy atom. The highest BCUT2D eigenvalue weighted by Crippen LogP contribution is 2.44. The van der Waals surface area contributed by atoms with Gasteiger partial charge in [0.15, 0.2) is 5.65 Å². The fourth-order valence-corrected chi connectivity index (χ4v) is 3.77. The minimum absolute atomic E-state index is 0.275. The Morgan fingerprint density at radius 2 is 1.83 bits per heavy atom. The number of halogens is 1. The molecule has 0 aliphatic heterocycles. The Kier molecular flexibility index (Phi) is 4.32. The molecule has 0 unspecified atom stereocenters. The normalized spacial score (nSPS) is 13.6. The Morgan fingerprint density at radius 1 is 1.10 bits per heavy atom. The van der Waals surface area contributed by atoms with Crippen molar-refractivity contribution in [2.75, 3.05) is 5.32 Å². The zero-order valence-electron chi connectivity index (χ0n) is 15.9. The zero-order chi connectivity index (χ0) is 20.0. The van der Waals surface area contributed by atoms with E-state index in [-0.39, 0.29) is 5.91 Å². The SMILES string of the molecule is Cc1ccc(NC(=O)c2cnc3c(c(C4CC4)nn3-c3ccccc3)c2Cl)cc1. The Hall–Kier alpha value is -3.18. The minimum Gasteiger partial charge on any atom is -0.322 e. The molecule has 0 saturated heterocycles. The summed E-state index contributed by atoms with van der Waals surface area (Å²) in [4.78, 5) is 17.5. The van der Waals surface area contributed by atoms with Crippen molar-refractivity contribution in [3.8, 4) is 5.69 Å². The number of anilines is 1. The highest BCUT2D eigenvalue weighted by Gasteiger charge is 2.32. The van der Waals surface area contributed by atoms with Crippen molar-refractivity contribution < 1.29 is 4.79 Å². The van der Waals surface area contributed by atoms with Crippen molar-refractivity contribution in [1.82, 2.24) is 14.8 Å². The van der Waals surface area contributed by atoms with Gasteiger partial charge < -0.3 is 5.32 Å². The molecule has 144 valence electrons. The first-order valence-corrected chi connectivity index (χ1v) is 10.00. The standard InChI is InChI=1S/C23H19ClN4O/c1-14-7-11-16(12-8-14)26-23(29)18-13-25-22-19(20(18)24)21(15-9-10-15)27-28(22)17-5-3-2-4-6-17/h2-8,11-13,15H,9-10H2,1H3,(H,26,29). The summed E-state index contributed by atoms with van der Waals surface area (Å²) in [5.74, 6) is 0.0969. The van der Waals surface area contributed by atoms with E-state index in [2.05, 4.69) is 10.3 Å². The van der Waals surface area contributed by atoms with Gasteiger partial charge in [-0.2, -0.15) is 5.10 Å². The van der Waals surface area contributed by atoms with Crippen LogP contribution in [0.3, 0.4) is 0 Å². The summed E-state index contributed by atoms with van der Waals surface area (Å²) in [5.41, 5.74) is 4.73. The first kappa shape index (κ1) is 17.9. The van der Waals surface area contributed by atoms with Crippen LogP contribution in [0.25, 0.3) is 16.7 Å². The van der Waals surface area contributed by atoms with Crippen molar-refractivity contribution in [3.05, 3.63) is 82.6 Å². The maximum Gasteiger partial charge on any atom is 0.258 e. The van der Waals surface area contributed by atoms with E-state index in [1.165, 1.54) is 6.20 Å². The number of fused-ring (bicyclic) bond motifs is 1. The number of rotatable bonds is 4. The predicted octanol–water partition coefficient (Wildman–Crippen LogP) is 5.51. The molecule has 1 aliphatic carbocycles. The lowest BCUT2D eigenvalue weighted by atomic mass is 10.1. The summed E-state index contributed by atoms with van der Waals surface area (Å²) >= 11 is 6.75. The van der Waals surface area contributed by atoms with Gasteiger partial charge in [-0.1, -0.05) is 47.5 Å². The lowest BCUT2D eigenvalue weighted by Gasteiger charge is -2.08. The van der Waals surface area contributed by atoms with E-state index in [1.807, 2.05) is 66.2 Å². The maximum absolute atomic E-state index is 12.9. The quantitative estimate of drug-likeness (QED) is 0.489. The number of benzene rings is 2. The van der Waals surface area contributed by atoms with Crippen LogP contribution in [0, 0.1) is 6.92 Å². The van der Waals surface area contributed by atoms with E-state index in [9.17, 15) is 4.79 Å². The third-order valence-electron chi connectivity index (χ3n) is 5.18. The van der Waals surface area contributed by atoms with Crippen LogP contribution in [0.15, 0.2) is 60.8 Å². The van der Waals surface area contributed by atoms with Crippen LogP contribution in [-0.2, 0) is 0 Å². The number of hydrogen-bond acceptors (Lipinski definition) is 3. The van der Waals surface area contributed by atoms with Crippen LogP contribution >= 0.6 is 11.6 Å². The molecule has 1 N–H and O–H groups in total. The fraction of sp³-hybridized carbons (Fsp3) is 0.174. The number of aryl methyl sites for hydroxylation is 1. The van der Waals surface area contributed by atoms with Gasteiger partial charge >= 0.3 is 0 Å². The molecule has 1 saturated carbocycles. The summed E-state index contributed by atoms with van der Waals surface area (Å²) in [5, 5.41) is 8.90. The molecular formula is C23H19ClN4O. The number of carbonyl (C=O) groups is 1. The molecule has 1 aliphatic rings. The van der Waals surface area contributed by atoms with E-state index >= 15 is 0 Å². The average molecular weight is 403 g/mol. The highest BCUT2D eigenvalue weighted by atomic mass is 35.5. The largest absolute Gasteiger partial charge is 0.322 e. The van der Waals surface area contributed by atoms with Crippen LogP contribution in [0.4, 0.5) is 5.69 Å². The number of amides is 1. The second-order valence-corrected chi connectivity index (χ2v) is 7.79. The lowest BCUT2D eigenvalue weighted by molar-refractivity contribution is 0.102. The number of aromatic nitrogens is 3. The van der Waals surface area contributed by atoms with Crippen molar-refractivity contribution in [1.29, 1.82) is 0 Å². The maximum atomic E-state index is 12.9. The van der Waals surface area contributed by atoms with Crippen LogP contribution in [-0.4, -0.2) is 20.7 Å². The summed E-state index contributed by atoms with van der Waals surface area (Å²) in [7, 11) is 0. The fourth-order valence-electron chi connectivity index (χ4n) is 3.46. The molecule has 0 atom stereocenters. The third kappa shape index (κ3) is 3.28. The summed E-state index contributed by atoms with van der Waals surface area (Å²) in [6.07, 6.45) is 3.69. The molecule has 6 heteroatoms. The van der Waals surface area contributed by atoms with Gasteiger partial charge in [-0.15, -0.1) is 0 Å². The van der Waals surface area contributed by atoms with E-state index in [0.29, 0.717) is 22.2 Å². The Labute approximate surface area is 173 Å². The Balaban J connectivity index is 1.60. The van der Waals surface area contributed by atoms with Gasteiger partial charge in [0, 0.05) is 17.8 Å². The number of carbonyl (C=O) groups excluding carboxylic acids is 1. The smallest absolute Gasteiger partial charge is 0.258 e. The number of hydrogen-bond donors (Lipinski definition) is 1. The van der Waals surface area contributed by atoms with E-state index in [1.54, 1.807) is 0 Å². The minimum atomic E-state index is -0.275. The van der Waals surface area contributed by atoms with Crippen LogP contribution in [0.2, 0.25) is 5.02 Å². The molecule has 2 aromatic carbocycles. The van der Waals surface area contributed by atoms with Gasteiger partial charge in [0.25, 0.3) is 5.91 Å². The molecule has 0 bridgehead atoms. The molecule has 2 aromatic heterocycles. The topological polar surface area (TPSA) is 59.8 Å². The number of pyridine rings is 1. The van der Waals surface area contributed by atoms with Gasteiger partial charge in [-0.3, -0.25) is 4.79 Å². The van der Waals surface area contributed by atoms with Gasteiger partial charge in [-0.05, 0) is 44.0 Å². The van der Waals surface area contributed by atoms with Crippen LogP contribution in [0.5, 0.6) is 0 Å². The van der Waals surface area contributed by atoms with E-state index in [0.717, 1.165) is 40.9 Å². The summed E-state index contributed by atoms with van der Waals surface area (Å²) in [6, 6.07) is 17.5. The first-order chi connectivity index (χ1) is 14.1. The Bertz CT molecular complexity index is 1210. The predicted molar refractivity (Wildman–Crippen MR) is 115 cm³/mol. The second-order valence-electron chi connectivity index (χ2n) is 7.41. The molecule has 1 amide bonds. The molecular weight excluding hydrogens is 384 g/mol. The van der Waals surface area contributed by atoms with Gasteiger partial charge in [-0.25, -0.2) is 9.67 Å². The summed E-state index contributed by atoms with van der Waals surface area (Å²) in [6.45, 7) is 2.00. The number of nitrogens with zero attached hydrogens (tertiary/aromatic N) is 3. The summed E-state index contributed by atoms with van der Waals surface area (Å²) < 4.78 is 1.82. The van der Waals surface area contributed by atoms with Gasteiger partial charge in [0.05, 0.1) is 27.4 Å². The van der Waals surface area contributed by atoms with Crippen molar-refractivity contribution in [2.24, 2.45) is 0 Å². The lowest BCUT2D eigenvalue weighted by Crippen LogP contribution is -2.13. The van der Waals surface area contributed by atoms with E-state index in [4.69, 9.17) is 16.7 Å². The van der Waals surface area contributed by atoms with Crippen molar-refractivity contribution in [3.63, 3.8) is 0 Å². The molecule has 4 aromatic rings. The van der Waals surface area contributed by atoms with Crippen molar-refractivity contribution >= 4 is 34.2 Å². The molecule has 2 heterocycles. The number of para-hydroxylation sites is 1. The van der Waals surface area contributed by atoms with Crippen molar-refractivity contribution in [2.45, 2.75) is 25.7 Å². The number of nitrogens with one attached hydrogen (secondary N) is 1. The molecule has 29 heavy (non-hydrogen) atoms. The van der Waals surface area contributed by atoms with E-state index < -0.39 is 0 Å². The van der Waals surface area contributed by atoms with Gasteiger partial charge in [0.2, 0.25) is 0 Å². The van der Waals surface area contributed by atoms with Gasteiger partial charge in [0.1, 0.15) is 0 Å². The third-order valence-corrected chi connectivity index (χ3v) is 5.57. The zero-order valence-corrected chi connectivity index (χ0v) is 16.6. The molecule has 5 rings (SSSR count). The molecule has 1 fully saturated rings. The molecule has 5 nitrogen and oxygen atoms in total. The highest BCUT2D eigenvalue weighted by molar-refractivity contribution is 6.39. The monoisotopic (exact) mass is 402 g/mol. The molecule has 0 radical (unpaired) electrons. The molecule has 0 spiro atoms. The van der Waals surface area contributed by atoms with Crippen LogP contribution < -0.4 is 5.32 Å². The second kappa shape index (κ2) is 7.01. The first-order valence-electron chi connectivity index (χ1n) is 9.62. The average Bonchev–Trinajstić information content (AvgIpc) is 3.51.